The maximum atomic E-state index is 10.3. The molecule has 0 amide bonds. The zero-order valence-electron chi connectivity index (χ0n) is 12.6. The van der Waals surface area contributed by atoms with Gasteiger partial charge in [0.15, 0.2) is 0 Å². The van der Waals surface area contributed by atoms with Crippen molar-refractivity contribution in [2.45, 2.75) is 39.7 Å². The maximum absolute atomic E-state index is 10.3. The molecular weight excluding hydrogens is 234 g/mol. The number of nitrogens with zero attached hydrogens (tertiary/aromatic N) is 1. The quantitative estimate of drug-likeness (QED) is 0.897. The number of benzene rings is 1. The zero-order chi connectivity index (χ0) is 14.0. The summed E-state index contributed by atoms with van der Waals surface area (Å²) in [6.07, 6.45) is -0.362. The lowest BCUT2D eigenvalue weighted by Gasteiger charge is -2.20. The van der Waals surface area contributed by atoms with E-state index in [4.69, 9.17) is 0 Å². The van der Waals surface area contributed by atoms with Gasteiger partial charge in [0.25, 0.3) is 0 Å². The van der Waals surface area contributed by atoms with Gasteiger partial charge in [0, 0.05) is 19.6 Å². The molecule has 106 valence electrons. The number of β-amino-alcohol motifs (C(OH)–C–C–N with tert-alkyl or cyclic N) is 1. The first-order valence-electron chi connectivity index (χ1n) is 7.47. The van der Waals surface area contributed by atoms with E-state index in [1.54, 1.807) is 0 Å². The molecule has 1 aliphatic heterocycles. The second kappa shape index (κ2) is 6.06. The highest BCUT2D eigenvalue weighted by molar-refractivity contribution is 5.26. The van der Waals surface area contributed by atoms with Gasteiger partial charge in [-0.2, -0.15) is 0 Å². The predicted octanol–water partition coefficient (Wildman–Crippen LogP) is 3.43. The van der Waals surface area contributed by atoms with Crippen molar-refractivity contribution < 1.29 is 5.11 Å². The molecule has 2 heteroatoms. The minimum absolute atomic E-state index is 0.362. The summed E-state index contributed by atoms with van der Waals surface area (Å²) in [7, 11) is 0. The molecule has 3 unspecified atom stereocenters. The number of hydrogen-bond acceptors (Lipinski definition) is 2. The Morgan fingerprint density at radius 3 is 2.00 bits per heavy atom. The SMILES string of the molecule is CC(C)c1ccc(C(O)CN2CC(C)C(C)C2)cc1. The molecule has 1 saturated heterocycles. The van der Waals surface area contributed by atoms with Crippen LogP contribution in [0.1, 0.15) is 50.8 Å². The van der Waals surface area contributed by atoms with E-state index in [0.717, 1.165) is 37.0 Å². The minimum atomic E-state index is -0.362. The van der Waals surface area contributed by atoms with E-state index >= 15 is 0 Å². The van der Waals surface area contributed by atoms with E-state index in [-0.39, 0.29) is 6.10 Å². The predicted molar refractivity (Wildman–Crippen MR) is 80.3 cm³/mol. The second-order valence-electron chi connectivity index (χ2n) is 6.51. The molecule has 0 aliphatic carbocycles. The van der Waals surface area contributed by atoms with Crippen molar-refractivity contribution in [1.29, 1.82) is 0 Å². The molecule has 0 saturated carbocycles. The molecule has 0 bridgehead atoms. The van der Waals surface area contributed by atoms with Gasteiger partial charge in [0.2, 0.25) is 0 Å². The van der Waals surface area contributed by atoms with Gasteiger partial charge in [-0.25, -0.2) is 0 Å². The van der Waals surface area contributed by atoms with Gasteiger partial charge in [-0.15, -0.1) is 0 Å². The van der Waals surface area contributed by atoms with Gasteiger partial charge >= 0.3 is 0 Å². The highest BCUT2D eigenvalue weighted by Gasteiger charge is 2.27. The minimum Gasteiger partial charge on any atom is -0.387 e. The lowest BCUT2D eigenvalue weighted by Crippen LogP contribution is -2.26. The third kappa shape index (κ3) is 3.58. The van der Waals surface area contributed by atoms with E-state index in [0.29, 0.717) is 5.92 Å². The van der Waals surface area contributed by atoms with Crippen LogP contribution in [0.4, 0.5) is 0 Å². The summed E-state index contributed by atoms with van der Waals surface area (Å²) < 4.78 is 0. The largest absolute Gasteiger partial charge is 0.387 e. The second-order valence-corrected chi connectivity index (χ2v) is 6.51. The maximum Gasteiger partial charge on any atom is 0.0916 e. The molecule has 0 radical (unpaired) electrons. The van der Waals surface area contributed by atoms with Crippen LogP contribution in [0.25, 0.3) is 0 Å². The summed E-state index contributed by atoms with van der Waals surface area (Å²) in [4.78, 5) is 2.39. The molecular formula is C17H27NO. The first kappa shape index (κ1) is 14.5. The van der Waals surface area contributed by atoms with Crippen LogP contribution in [0, 0.1) is 11.8 Å². The Kier molecular flexibility index (Phi) is 4.64. The highest BCUT2D eigenvalue weighted by Crippen LogP contribution is 2.25. The smallest absolute Gasteiger partial charge is 0.0916 e. The number of likely N-dealkylation sites (tertiary alicyclic amines) is 1. The topological polar surface area (TPSA) is 23.5 Å². The Bertz CT molecular complexity index is 388. The normalized spacial score (nSPS) is 26.0. The zero-order valence-corrected chi connectivity index (χ0v) is 12.6. The molecule has 1 aliphatic rings. The molecule has 1 heterocycles. The van der Waals surface area contributed by atoms with Gasteiger partial charge in [0.05, 0.1) is 6.10 Å². The molecule has 0 spiro atoms. The van der Waals surface area contributed by atoms with Crippen molar-refractivity contribution in [3.8, 4) is 0 Å². The fraction of sp³-hybridized carbons (Fsp3) is 0.647. The van der Waals surface area contributed by atoms with Gasteiger partial charge in [-0.05, 0) is 28.9 Å². The number of aliphatic hydroxyl groups excluding tert-OH is 1. The number of rotatable bonds is 4. The summed E-state index contributed by atoms with van der Waals surface area (Å²) in [5, 5.41) is 10.3. The molecule has 1 fully saturated rings. The van der Waals surface area contributed by atoms with Crippen molar-refractivity contribution in [3.63, 3.8) is 0 Å². The van der Waals surface area contributed by atoms with Crippen LogP contribution in [0.5, 0.6) is 0 Å². The molecule has 19 heavy (non-hydrogen) atoms. The van der Waals surface area contributed by atoms with Crippen molar-refractivity contribution in [1.82, 2.24) is 4.90 Å². The monoisotopic (exact) mass is 261 g/mol. The molecule has 1 aromatic rings. The lowest BCUT2D eigenvalue weighted by molar-refractivity contribution is 0.123. The Morgan fingerprint density at radius 2 is 1.53 bits per heavy atom. The van der Waals surface area contributed by atoms with Crippen molar-refractivity contribution >= 4 is 0 Å². The van der Waals surface area contributed by atoms with Crippen molar-refractivity contribution in [3.05, 3.63) is 35.4 Å². The van der Waals surface area contributed by atoms with Crippen molar-refractivity contribution in [2.24, 2.45) is 11.8 Å². The summed E-state index contributed by atoms with van der Waals surface area (Å²) in [6, 6.07) is 8.42. The number of aliphatic hydroxyl groups is 1. The third-order valence-corrected chi connectivity index (χ3v) is 4.48. The van der Waals surface area contributed by atoms with E-state index in [1.807, 2.05) is 0 Å². The van der Waals surface area contributed by atoms with E-state index in [1.165, 1.54) is 5.56 Å². The summed E-state index contributed by atoms with van der Waals surface area (Å²) >= 11 is 0. The molecule has 2 nitrogen and oxygen atoms in total. The molecule has 3 atom stereocenters. The molecule has 1 N–H and O–H groups in total. The van der Waals surface area contributed by atoms with Crippen LogP contribution in [-0.2, 0) is 0 Å². The van der Waals surface area contributed by atoms with Crippen molar-refractivity contribution in [2.75, 3.05) is 19.6 Å². The Morgan fingerprint density at radius 1 is 1.05 bits per heavy atom. The Labute approximate surface area is 117 Å². The Hall–Kier alpha value is -0.860. The van der Waals surface area contributed by atoms with E-state index in [9.17, 15) is 5.11 Å². The summed E-state index contributed by atoms with van der Waals surface area (Å²) in [5.74, 6) is 2.04. The molecule has 2 rings (SSSR count). The van der Waals surface area contributed by atoms with Gasteiger partial charge in [-0.1, -0.05) is 52.0 Å². The van der Waals surface area contributed by atoms with Crippen LogP contribution < -0.4 is 0 Å². The van der Waals surface area contributed by atoms with Gasteiger partial charge in [-0.3, -0.25) is 4.90 Å². The van der Waals surface area contributed by atoms with Crippen LogP contribution >= 0.6 is 0 Å². The average molecular weight is 261 g/mol. The standard InChI is InChI=1S/C17H27NO/c1-12(2)15-5-7-16(8-6-15)17(19)11-18-9-13(3)14(4)10-18/h5-8,12-14,17,19H,9-11H2,1-4H3. The third-order valence-electron chi connectivity index (χ3n) is 4.48. The first-order chi connectivity index (χ1) is 8.97. The Balaban J connectivity index is 1.94. The molecule has 1 aromatic carbocycles. The summed E-state index contributed by atoms with van der Waals surface area (Å²) in [6.45, 7) is 12.0. The highest BCUT2D eigenvalue weighted by atomic mass is 16.3. The van der Waals surface area contributed by atoms with Crippen LogP contribution in [0.15, 0.2) is 24.3 Å². The average Bonchev–Trinajstić information content (AvgIpc) is 2.68. The lowest BCUT2D eigenvalue weighted by atomic mass is 10.00. The summed E-state index contributed by atoms with van der Waals surface area (Å²) in [5.41, 5.74) is 2.37. The fourth-order valence-electron chi connectivity index (χ4n) is 2.85. The van der Waals surface area contributed by atoms with Gasteiger partial charge in [0.1, 0.15) is 0 Å². The van der Waals surface area contributed by atoms with E-state index < -0.39 is 0 Å². The van der Waals surface area contributed by atoms with Crippen LogP contribution in [0.2, 0.25) is 0 Å². The molecule has 0 aromatic heterocycles. The van der Waals surface area contributed by atoms with Crippen LogP contribution in [-0.4, -0.2) is 29.6 Å². The fourth-order valence-corrected chi connectivity index (χ4v) is 2.85. The van der Waals surface area contributed by atoms with Crippen LogP contribution in [0.3, 0.4) is 0 Å². The first-order valence-corrected chi connectivity index (χ1v) is 7.47. The van der Waals surface area contributed by atoms with Gasteiger partial charge < -0.3 is 5.11 Å². The van der Waals surface area contributed by atoms with E-state index in [2.05, 4.69) is 56.9 Å². The number of hydrogen-bond donors (Lipinski definition) is 1.